The number of ether oxygens (including phenoxy) is 1. The van der Waals surface area contributed by atoms with Crippen molar-refractivity contribution in [1.82, 2.24) is 4.90 Å². The maximum atomic E-state index is 10.2. The molecule has 0 heterocycles. The van der Waals surface area contributed by atoms with E-state index in [1.165, 1.54) is 32.1 Å². The summed E-state index contributed by atoms with van der Waals surface area (Å²) in [5.41, 5.74) is 6.66. The molecule has 1 aromatic carbocycles. The van der Waals surface area contributed by atoms with Crippen LogP contribution in [0.1, 0.15) is 37.7 Å². The Labute approximate surface area is 127 Å². The van der Waals surface area contributed by atoms with E-state index in [0.29, 0.717) is 25.7 Å². The van der Waals surface area contributed by atoms with Crippen molar-refractivity contribution >= 4 is 0 Å². The van der Waals surface area contributed by atoms with Crippen LogP contribution in [0.5, 0.6) is 5.75 Å². The van der Waals surface area contributed by atoms with E-state index in [-0.39, 0.29) is 0 Å². The maximum Gasteiger partial charge on any atom is 0.123 e. The Morgan fingerprint density at radius 3 is 2.71 bits per heavy atom. The van der Waals surface area contributed by atoms with Crippen LogP contribution in [0, 0.1) is 0 Å². The smallest absolute Gasteiger partial charge is 0.123 e. The summed E-state index contributed by atoms with van der Waals surface area (Å²) >= 11 is 0. The van der Waals surface area contributed by atoms with Gasteiger partial charge in [-0.25, -0.2) is 0 Å². The van der Waals surface area contributed by atoms with Crippen LogP contribution < -0.4 is 10.5 Å². The van der Waals surface area contributed by atoms with Gasteiger partial charge in [0.25, 0.3) is 0 Å². The van der Waals surface area contributed by atoms with Gasteiger partial charge in [-0.1, -0.05) is 37.5 Å². The molecule has 1 unspecified atom stereocenters. The Morgan fingerprint density at radius 2 is 2.00 bits per heavy atom. The molecule has 0 aromatic heterocycles. The quantitative estimate of drug-likeness (QED) is 0.808. The number of nitrogens with zero attached hydrogens (tertiary/aromatic N) is 1. The van der Waals surface area contributed by atoms with Crippen LogP contribution in [0.15, 0.2) is 24.3 Å². The first kappa shape index (κ1) is 16.3. The summed E-state index contributed by atoms with van der Waals surface area (Å²) in [6.07, 6.45) is 6.01. The summed E-state index contributed by atoms with van der Waals surface area (Å²) in [5, 5.41) is 10.2. The van der Waals surface area contributed by atoms with E-state index in [9.17, 15) is 5.11 Å². The molecule has 0 radical (unpaired) electrons. The summed E-state index contributed by atoms with van der Waals surface area (Å²) in [6, 6.07) is 8.34. The molecule has 0 aliphatic heterocycles. The Kier molecular flexibility index (Phi) is 6.49. The minimum absolute atomic E-state index is 0.314. The first-order chi connectivity index (χ1) is 10.2. The van der Waals surface area contributed by atoms with Crippen molar-refractivity contribution in [3.63, 3.8) is 0 Å². The largest absolute Gasteiger partial charge is 0.491 e. The van der Waals surface area contributed by atoms with Gasteiger partial charge in [-0.05, 0) is 26.0 Å². The normalized spacial score (nSPS) is 17.9. The standard InChI is InChI=1S/C17H28N2O2/c1-19(15-8-3-2-4-9-15)12-16(20)13-21-17-10-6-5-7-14(17)11-18/h5-7,10,15-16,20H,2-4,8-9,11-13,18H2,1H3. The summed E-state index contributed by atoms with van der Waals surface area (Å²) in [7, 11) is 2.10. The van der Waals surface area contributed by atoms with E-state index in [0.717, 1.165) is 11.3 Å². The monoisotopic (exact) mass is 292 g/mol. The van der Waals surface area contributed by atoms with Crippen molar-refractivity contribution < 1.29 is 9.84 Å². The van der Waals surface area contributed by atoms with Crippen molar-refractivity contribution in [2.75, 3.05) is 20.2 Å². The molecule has 118 valence electrons. The lowest BCUT2D eigenvalue weighted by atomic mass is 9.94. The van der Waals surface area contributed by atoms with Crippen molar-refractivity contribution in [2.24, 2.45) is 5.73 Å². The minimum atomic E-state index is -0.470. The molecule has 0 amide bonds. The van der Waals surface area contributed by atoms with Gasteiger partial charge in [0.15, 0.2) is 0 Å². The minimum Gasteiger partial charge on any atom is -0.491 e. The van der Waals surface area contributed by atoms with Crippen LogP contribution in [-0.2, 0) is 6.54 Å². The second kappa shape index (κ2) is 8.37. The van der Waals surface area contributed by atoms with E-state index < -0.39 is 6.10 Å². The molecule has 21 heavy (non-hydrogen) atoms. The SMILES string of the molecule is CN(CC(O)COc1ccccc1CN)C1CCCCC1. The topological polar surface area (TPSA) is 58.7 Å². The number of para-hydroxylation sites is 1. The maximum absolute atomic E-state index is 10.2. The molecule has 1 aliphatic carbocycles. The number of hydrogen-bond donors (Lipinski definition) is 2. The van der Waals surface area contributed by atoms with E-state index in [1.807, 2.05) is 24.3 Å². The predicted molar refractivity (Wildman–Crippen MR) is 85.3 cm³/mol. The second-order valence-electron chi connectivity index (χ2n) is 6.01. The summed E-state index contributed by atoms with van der Waals surface area (Å²) < 4.78 is 5.72. The van der Waals surface area contributed by atoms with E-state index in [4.69, 9.17) is 10.5 Å². The van der Waals surface area contributed by atoms with Crippen molar-refractivity contribution in [1.29, 1.82) is 0 Å². The molecule has 1 saturated carbocycles. The molecule has 0 saturated heterocycles. The van der Waals surface area contributed by atoms with Gasteiger partial charge in [0.05, 0.1) is 0 Å². The van der Waals surface area contributed by atoms with Crippen molar-refractivity contribution in [3.8, 4) is 5.75 Å². The molecule has 1 atom stereocenters. The fourth-order valence-corrected chi connectivity index (χ4v) is 3.06. The van der Waals surface area contributed by atoms with E-state index in [2.05, 4.69) is 11.9 Å². The van der Waals surface area contributed by atoms with Crippen molar-refractivity contribution in [2.45, 2.75) is 50.8 Å². The molecule has 4 nitrogen and oxygen atoms in total. The number of rotatable bonds is 7. The Bertz CT molecular complexity index is 419. The number of likely N-dealkylation sites (N-methyl/N-ethyl adjacent to an activating group) is 1. The summed E-state index contributed by atoms with van der Waals surface area (Å²) in [5.74, 6) is 0.777. The molecular formula is C17H28N2O2. The highest BCUT2D eigenvalue weighted by atomic mass is 16.5. The Morgan fingerprint density at radius 1 is 1.29 bits per heavy atom. The fraction of sp³-hybridized carbons (Fsp3) is 0.647. The highest BCUT2D eigenvalue weighted by molar-refractivity contribution is 5.32. The summed E-state index contributed by atoms with van der Waals surface area (Å²) in [4.78, 5) is 2.28. The lowest BCUT2D eigenvalue weighted by molar-refractivity contribution is 0.0559. The molecular weight excluding hydrogens is 264 g/mol. The van der Waals surface area contributed by atoms with Crippen LogP contribution in [0.2, 0.25) is 0 Å². The van der Waals surface area contributed by atoms with Gasteiger partial charge >= 0.3 is 0 Å². The van der Waals surface area contributed by atoms with Gasteiger partial charge in [-0.2, -0.15) is 0 Å². The zero-order valence-corrected chi connectivity index (χ0v) is 13.0. The molecule has 1 fully saturated rings. The number of hydrogen-bond acceptors (Lipinski definition) is 4. The Hall–Kier alpha value is -1.10. The molecule has 0 spiro atoms. The zero-order chi connectivity index (χ0) is 15.1. The molecule has 0 bridgehead atoms. The van der Waals surface area contributed by atoms with Crippen LogP contribution >= 0.6 is 0 Å². The lowest BCUT2D eigenvalue weighted by Crippen LogP contribution is -2.40. The molecule has 4 heteroatoms. The highest BCUT2D eigenvalue weighted by Crippen LogP contribution is 2.22. The average Bonchev–Trinajstić information content (AvgIpc) is 2.54. The average molecular weight is 292 g/mol. The van der Waals surface area contributed by atoms with Crippen LogP contribution in [-0.4, -0.2) is 42.4 Å². The number of aliphatic hydroxyl groups is 1. The summed E-state index contributed by atoms with van der Waals surface area (Å²) in [6.45, 7) is 1.43. The van der Waals surface area contributed by atoms with Crippen LogP contribution in [0.4, 0.5) is 0 Å². The number of benzene rings is 1. The zero-order valence-electron chi connectivity index (χ0n) is 13.0. The molecule has 3 N–H and O–H groups in total. The highest BCUT2D eigenvalue weighted by Gasteiger charge is 2.20. The first-order valence-corrected chi connectivity index (χ1v) is 7.99. The fourth-order valence-electron chi connectivity index (χ4n) is 3.06. The lowest BCUT2D eigenvalue weighted by Gasteiger charge is -2.32. The Balaban J connectivity index is 1.77. The van der Waals surface area contributed by atoms with Crippen molar-refractivity contribution in [3.05, 3.63) is 29.8 Å². The molecule has 2 rings (SSSR count). The van der Waals surface area contributed by atoms with Gasteiger partial charge in [0.1, 0.15) is 18.5 Å². The van der Waals surface area contributed by atoms with E-state index >= 15 is 0 Å². The number of nitrogens with two attached hydrogens (primary N) is 1. The van der Waals surface area contributed by atoms with Gasteiger partial charge in [-0.3, -0.25) is 0 Å². The first-order valence-electron chi connectivity index (χ1n) is 7.99. The third-order valence-electron chi connectivity index (χ3n) is 4.32. The second-order valence-corrected chi connectivity index (χ2v) is 6.01. The number of aliphatic hydroxyl groups excluding tert-OH is 1. The predicted octanol–water partition coefficient (Wildman–Crippen LogP) is 2.15. The van der Waals surface area contributed by atoms with Crippen LogP contribution in [0.25, 0.3) is 0 Å². The van der Waals surface area contributed by atoms with Gasteiger partial charge in [0, 0.05) is 24.7 Å². The van der Waals surface area contributed by atoms with Gasteiger partial charge in [0.2, 0.25) is 0 Å². The third kappa shape index (κ3) is 4.99. The molecule has 1 aliphatic rings. The third-order valence-corrected chi connectivity index (χ3v) is 4.32. The van der Waals surface area contributed by atoms with E-state index in [1.54, 1.807) is 0 Å². The van der Waals surface area contributed by atoms with Gasteiger partial charge < -0.3 is 20.5 Å². The van der Waals surface area contributed by atoms with Crippen LogP contribution in [0.3, 0.4) is 0 Å². The van der Waals surface area contributed by atoms with Gasteiger partial charge in [-0.15, -0.1) is 0 Å². The molecule has 1 aromatic rings.